The van der Waals surface area contributed by atoms with Gasteiger partial charge in [0.15, 0.2) is 5.65 Å². The number of carbonyl (C=O) groups excluding carboxylic acids is 1. The predicted molar refractivity (Wildman–Crippen MR) is 170 cm³/mol. The third-order valence-corrected chi connectivity index (χ3v) is 7.88. The van der Waals surface area contributed by atoms with Gasteiger partial charge in [0, 0.05) is 41.5 Å². The minimum atomic E-state index is -0.0934. The molecule has 4 aromatic carbocycles. The van der Waals surface area contributed by atoms with Gasteiger partial charge in [0.25, 0.3) is 5.91 Å². The Hall–Kier alpha value is -4.39. The number of carbonyl (C=O) groups is 1. The van der Waals surface area contributed by atoms with Crippen LogP contribution in [0.5, 0.6) is 0 Å². The maximum Gasteiger partial charge on any atom is 0.252 e. The average Bonchev–Trinajstić information content (AvgIpc) is 3.40. The van der Waals surface area contributed by atoms with Gasteiger partial charge in [-0.3, -0.25) is 9.20 Å². The standard InChI is InChI=1S/C34H26BrClN4O/c35-29-18-19-40-32(20-31(39-33(29)40)28-12-6-7-13-30(28)36)37-21-23-14-16-24(17-15-23)22-38-34(41)27-11-5-4-10-26(27)25-8-2-1-3-9-25/h1-20,37H,21-22H2,(H,38,41). The lowest BCUT2D eigenvalue weighted by atomic mass is 9.99. The Labute approximate surface area is 252 Å². The zero-order valence-electron chi connectivity index (χ0n) is 22.0. The molecule has 0 unspecified atom stereocenters. The highest BCUT2D eigenvalue weighted by Crippen LogP contribution is 2.31. The van der Waals surface area contributed by atoms with Crippen molar-refractivity contribution in [1.29, 1.82) is 0 Å². The van der Waals surface area contributed by atoms with Crippen molar-refractivity contribution in [3.63, 3.8) is 0 Å². The minimum Gasteiger partial charge on any atom is -0.367 e. The van der Waals surface area contributed by atoms with Crippen LogP contribution in [-0.4, -0.2) is 15.3 Å². The topological polar surface area (TPSA) is 58.4 Å². The first-order valence-corrected chi connectivity index (χ1v) is 14.4. The number of aromatic nitrogens is 2. The number of rotatable bonds is 8. The first-order chi connectivity index (χ1) is 20.1. The molecule has 0 fully saturated rings. The summed E-state index contributed by atoms with van der Waals surface area (Å²) in [7, 11) is 0. The molecule has 5 nitrogen and oxygen atoms in total. The number of benzene rings is 4. The first-order valence-electron chi connectivity index (χ1n) is 13.2. The number of amides is 1. The van der Waals surface area contributed by atoms with Gasteiger partial charge in [0.05, 0.1) is 10.2 Å². The Kier molecular flexibility index (Phi) is 7.85. The van der Waals surface area contributed by atoms with E-state index in [0.29, 0.717) is 23.7 Å². The average molecular weight is 622 g/mol. The van der Waals surface area contributed by atoms with E-state index in [0.717, 1.165) is 49.4 Å². The summed E-state index contributed by atoms with van der Waals surface area (Å²) in [5, 5.41) is 7.28. The molecular weight excluding hydrogens is 596 g/mol. The van der Waals surface area contributed by atoms with Crippen molar-refractivity contribution in [2.45, 2.75) is 13.1 Å². The number of hydrogen-bond acceptors (Lipinski definition) is 3. The van der Waals surface area contributed by atoms with Gasteiger partial charge in [-0.25, -0.2) is 4.98 Å². The third-order valence-electron chi connectivity index (χ3n) is 6.93. The van der Waals surface area contributed by atoms with Crippen LogP contribution in [-0.2, 0) is 13.1 Å². The molecule has 0 aliphatic rings. The molecule has 2 aromatic heterocycles. The Morgan fingerprint density at radius 1 is 0.780 bits per heavy atom. The first kappa shape index (κ1) is 26.8. The van der Waals surface area contributed by atoms with Crippen LogP contribution in [0.2, 0.25) is 5.02 Å². The van der Waals surface area contributed by atoms with Gasteiger partial charge in [-0.15, -0.1) is 0 Å². The van der Waals surface area contributed by atoms with E-state index in [4.69, 9.17) is 16.6 Å². The second kappa shape index (κ2) is 12.0. The van der Waals surface area contributed by atoms with E-state index < -0.39 is 0 Å². The molecule has 6 rings (SSSR count). The molecule has 0 saturated heterocycles. The Morgan fingerprint density at radius 3 is 2.20 bits per heavy atom. The van der Waals surface area contributed by atoms with Gasteiger partial charge in [0.2, 0.25) is 0 Å². The maximum absolute atomic E-state index is 13.1. The highest BCUT2D eigenvalue weighted by atomic mass is 79.9. The number of hydrogen-bond donors (Lipinski definition) is 2. The molecule has 0 radical (unpaired) electrons. The molecule has 0 aliphatic carbocycles. The van der Waals surface area contributed by atoms with Gasteiger partial charge in [0.1, 0.15) is 5.82 Å². The van der Waals surface area contributed by atoms with Crippen LogP contribution in [0.3, 0.4) is 0 Å². The molecule has 0 aliphatic heterocycles. The number of halogens is 2. The van der Waals surface area contributed by atoms with Gasteiger partial charge in [-0.05, 0) is 56.4 Å². The van der Waals surface area contributed by atoms with Gasteiger partial charge in [-0.2, -0.15) is 0 Å². The number of anilines is 1. The number of nitrogens with zero attached hydrogens (tertiary/aromatic N) is 2. The maximum atomic E-state index is 13.1. The molecule has 202 valence electrons. The molecule has 0 saturated carbocycles. The van der Waals surface area contributed by atoms with E-state index in [1.807, 2.05) is 114 Å². The van der Waals surface area contributed by atoms with Crippen molar-refractivity contribution in [2.24, 2.45) is 0 Å². The molecule has 2 heterocycles. The van der Waals surface area contributed by atoms with Crippen molar-refractivity contribution in [2.75, 3.05) is 5.32 Å². The number of nitrogens with one attached hydrogen (secondary N) is 2. The summed E-state index contributed by atoms with van der Waals surface area (Å²) >= 11 is 10.1. The van der Waals surface area contributed by atoms with Crippen LogP contribution >= 0.6 is 27.5 Å². The van der Waals surface area contributed by atoms with Crippen LogP contribution < -0.4 is 10.6 Å². The summed E-state index contributed by atoms with van der Waals surface area (Å²) in [6.07, 6.45) is 1.98. The van der Waals surface area contributed by atoms with Gasteiger partial charge in [-0.1, -0.05) is 103 Å². The Morgan fingerprint density at radius 2 is 1.44 bits per heavy atom. The van der Waals surface area contributed by atoms with Crippen molar-refractivity contribution in [3.8, 4) is 22.4 Å². The second-order valence-corrected chi connectivity index (χ2v) is 10.9. The molecule has 41 heavy (non-hydrogen) atoms. The predicted octanol–water partition coefficient (Wildman–Crippen LogP) is 8.63. The normalized spacial score (nSPS) is 11.0. The number of fused-ring (bicyclic) bond motifs is 1. The summed E-state index contributed by atoms with van der Waals surface area (Å²) in [6, 6.07) is 37.6. The molecule has 6 aromatic rings. The fraction of sp³-hybridized carbons (Fsp3) is 0.0588. The van der Waals surface area contributed by atoms with E-state index in [1.165, 1.54) is 0 Å². The minimum absolute atomic E-state index is 0.0934. The summed E-state index contributed by atoms with van der Waals surface area (Å²) in [5.74, 6) is 0.813. The SMILES string of the molecule is O=C(NCc1ccc(CNc2cc(-c3ccccc3Cl)nc3c(Br)ccn23)cc1)c1ccccc1-c1ccccc1. The van der Waals surface area contributed by atoms with Gasteiger partial charge >= 0.3 is 0 Å². The van der Waals surface area contributed by atoms with Crippen molar-refractivity contribution in [3.05, 3.63) is 148 Å². The highest BCUT2D eigenvalue weighted by Gasteiger charge is 2.13. The lowest BCUT2D eigenvalue weighted by Crippen LogP contribution is -2.23. The van der Waals surface area contributed by atoms with Crippen LogP contribution in [0.15, 0.2) is 126 Å². The highest BCUT2D eigenvalue weighted by molar-refractivity contribution is 9.10. The van der Waals surface area contributed by atoms with Crippen molar-refractivity contribution in [1.82, 2.24) is 14.7 Å². The lowest BCUT2D eigenvalue weighted by Gasteiger charge is -2.13. The lowest BCUT2D eigenvalue weighted by molar-refractivity contribution is 0.0951. The quantitative estimate of drug-likeness (QED) is 0.179. The zero-order chi connectivity index (χ0) is 28.2. The molecule has 0 spiro atoms. The fourth-order valence-electron chi connectivity index (χ4n) is 4.79. The molecule has 2 N–H and O–H groups in total. The van der Waals surface area contributed by atoms with E-state index in [-0.39, 0.29) is 5.91 Å². The summed E-state index contributed by atoms with van der Waals surface area (Å²) in [5.41, 5.74) is 7.24. The molecular formula is C34H26BrClN4O. The van der Waals surface area contributed by atoms with Crippen LogP contribution in [0, 0.1) is 0 Å². The molecule has 0 bridgehead atoms. The van der Waals surface area contributed by atoms with Crippen molar-refractivity contribution >= 4 is 44.9 Å². The summed E-state index contributed by atoms with van der Waals surface area (Å²) < 4.78 is 2.92. The van der Waals surface area contributed by atoms with Crippen LogP contribution in [0.25, 0.3) is 28.0 Å². The fourth-order valence-corrected chi connectivity index (χ4v) is 5.42. The Balaban J connectivity index is 1.14. The van der Waals surface area contributed by atoms with E-state index in [9.17, 15) is 4.79 Å². The van der Waals surface area contributed by atoms with Gasteiger partial charge < -0.3 is 10.6 Å². The molecule has 7 heteroatoms. The molecule has 1 amide bonds. The summed E-state index contributed by atoms with van der Waals surface area (Å²) in [6.45, 7) is 1.06. The van der Waals surface area contributed by atoms with E-state index in [1.54, 1.807) is 0 Å². The molecule has 0 atom stereocenters. The smallest absolute Gasteiger partial charge is 0.252 e. The van der Waals surface area contributed by atoms with Crippen molar-refractivity contribution < 1.29 is 4.79 Å². The van der Waals surface area contributed by atoms with E-state index in [2.05, 4.69) is 38.7 Å². The Bertz CT molecular complexity index is 1830. The third kappa shape index (κ3) is 5.89. The van der Waals surface area contributed by atoms with E-state index >= 15 is 0 Å². The van der Waals surface area contributed by atoms with Crippen LogP contribution in [0.4, 0.5) is 5.82 Å². The zero-order valence-corrected chi connectivity index (χ0v) is 24.4. The summed E-state index contributed by atoms with van der Waals surface area (Å²) in [4.78, 5) is 17.9. The second-order valence-electron chi connectivity index (χ2n) is 9.63. The van der Waals surface area contributed by atoms with Crippen LogP contribution in [0.1, 0.15) is 21.5 Å². The largest absolute Gasteiger partial charge is 0.367 e. The monoisotopic (exact) mass is 620 g/mol.